The lowest BCUT2D eigenvalue weighted by Crippen LogP contribution is -2.38. The molecule has 1 atom stereocenters. The summed E-state index contributed by atoms with van der Waals surface area (Å²) in [6, 6.07) is 8.90. The van der Waals surface area contributed by atoms with E-state index in [1.807, 2.05) is 0 Å². The van der Waals surface area contributed by atoms with Crippen LogP contribution < -0.4 is 10.6 Å². The minimum atomic E-state index is 0.355. The molecule has 1 aliphatic rings. The van der Waals surface area contributed by atoms with Gasteiger partial charge in [0, 0.05) is 13.7 Å². The van der Waals surface area contributed by atoms with Crippen LogP contribution in [0.15, 0.2) is 24.3 Å². The minimum absolute atomic E-state index is 0.355. The fourth-order valence-corrected chi connectivity index (χ4v) is 2.43. The Morgan fingerprint density at radius 2 is 2.29 bits per heavy atom. The molecule has 0 radical (unpaired) electrons. The summed E-state index contributed by atoms with van der Waals surface area (Å²) in [6.45, 7) is 1.42. The van der Waals surface area contributed by atoms with E-state index in [-0.39, 0.29) is 0 Å². The molecule has 1 unspecified atom stereocenters. The molecule has 17 heavy (non-hydrogen) atoms. The highest BCUT2D eigenvalue weighted by atomic mass is 32.1. The van der Waals surface area contributed by atoms with Gasteiger partial charge in [0.05, 0.1) is 12.6 Å². The molecular formula is C13H18N2OS. The van der Waals surface area contributed by atoms with Crippen molar-refractivity contribution in [2.24, 2.45) is 0 Å². The molecule has 1 aromatic carbocycles. The van der Waals surface area contributed by atoms with Crippen LogP contribution in [0.4, 0.5) is 0 Å². The first-order chi connectivity index (χ1) is 8.31. The molecule has 0 bridgehead atoms. The lowest BCUT2D eigenvalue weighted by Gasteiger charge is -2.17. The van der Waals surface area contributed by atoms with E-state index < -0.39 is 0 Å². The third-order valence-corrected chi connectivity index (χ3v) is 3.29. The molecule has 0 amide bonds. The van der Waals surface area contributed by atoms with Crippen molar-refractivity contribution in [1.29, 1.82) is 0 Å². The van der Waals surface area contributed by atoms with Gasteiger partial charge in [0.1, 0.15) is 0 Å². The van der Waals surface area contributed by atoms with E-state index in [9.17, 15) is 0 Å². The normalized spacial score (nSPS) is 17.6. The van der Waals surface area contributed by atoms with Crippen molar-refractivity contribution in [3.63, 3.8) is 0 Å². The van der Waals surface area contributed by atoms with Crippen LogP contribution >= 0.6 is 12.2 Å². The summed E-state index contributed by atoms with van der Waals surface area (Å²) in [7, 11) is 1.69. The predicted octanol–water partition coefficient (Wildman–Crippen LogP) is 1.78. The van der Waals surface area contributed by atoms with Gasteiger partial charge >= 0.3 is 0 Å². The monoisotopic (exact) mass is 250 g/mol. The molecule has 2 N–H and O–H groups in total. The largest absolute Gasteiger partial charge is 0.383 e. The molecule has 4 heteroatoms. The van der Waals surface area contributed by atoms with Gasteiger partial charge < -0.3 is 15.4 Å². The minimum Gasteiger partial charge on any atom is -0.383 e. The van der Waals surface area contributed by atoms with Crippen molar-refractivity contribution in [2.75, 3.05) is 20.3 Å². The number of hydrogen-bond donors (Lipinski definition) is 2. The van der Waals surface area contributed by atoms with Crippen LogP contribution in [0, 0.1) is 0 Å². The van der Waals surface area contributed by atoms with Gasteiger partial charge in [-0.15, -0.1) is 0 Å². The van der Waals surface area contributed by atoms with Crippen LogP contribution in [0.5, 0.6) is 0 Å². The van der Waals surface area contributed by atoms with Gasteiger partial charge in [0.15, 0.2) is 5.11 Å². The quantitative estimate of drug-likeness (QED) is 0.630. The number of nitrogens with one attached hydrogen (secondary N) is 2. The SMILES string of the molecule is COCCNC(=S)NC1CCc2ccccc21. The highest BCUT2D eigenvalue weighted by molar-refractivity contribution is 7.80. The van der Waals surface area contributed by atoms with Crippen LogP contribution in [0.2, 0.25) is 0 Å². The second kappa shape index (κ2) is 5.98. The Hall–Kier alpha value is -1.13. The van der Waals surface area contributed by atoms with Gasteiger partial charge in [0.2, 0.25) is 0 Å². The number of ether oxygens (including phenoxy) is 1. The first-order valence-electron chi connectivity index (χ1n) is 5.92. The van der Waals surface area contributed by atoms with Gasteiger partial charge in [-0.3, -0.25) is 0 Å². The van der Waals surface area contributed by atoms with E-state index in [0.717, 1.165) is 19.4 Å². The Balaban J connectivity index is 1.87. The summed E-state index contributed by atoms with van der Waals surface area (Å²) < 4.78 is 4.97. The van der Waals surface area contributed by atoms with Crippen LogP contribution in [0.3, 0.4) is 0 Å². The maximum atomic E-state index is 5.26. The van der Waals surface area contributed by atoms with E-state index in [1.54, 1.807) is 7.11 Å². The Labute approximate surface area is 108 Å². The lowest BCUT2D eigenvalue weighted by molar-refractivity contribution is 0.204. The fourth-order valence-electron chi connectivity index (χ4n) is 2.18. The van der Waals surface area contributed by atoms with Gasteiger partial charge in [-0.05, 0) is 36.2 Å². The number of rotatable bonds is 4. The molecule has 0 heterocycles. The average molecular weight is 250 g/mol. The molecule has 2 rings (SSSR count). The van der Waals surface area contributed by atoms with Crippen molar-refractivity contribution in [3.05, 3.63) is 35.4 Å². The summed E-state index contributed by atoms with van der Waals surface area (Å²) in [6.07, 6.45) is 2.25. The van der Waals surface area contributed by atoms with Crippen molar-refractivity contribution in [3.8, 4) is 0 Å². The first kappa shape index (κ1) is 12.3. The van der Waals surface area contributed by atoms with Crippen LogP contribution in [-0.2, 0) is 11.2 Å². The highest BCUT2D eigenvalue weighted by Crippen LogP contribution is 2.30. The zero-order valence-corrected chi connectivity index (χ0v) is 10.8. The number of fused-ring (bicyclic) bond motifs is 1. The van der Waals surface area contributed by atoms with Gasteiger partial charge in [0.25, 0.3) is 0 Å². The summed E-state index contributed by atoms with van der Waals surface area (Å²) >= 11 is 5.26. The van der Waals surface area contributed by atoms with Crippen molar-refractivity contribution >= 4 is 17.3 Å². The second-order valence-corrected chi connectivity index (χ2v) is 4.59. The zero-order chi connectivity index (χ0) is 12.1. The van der Waals surface area contributed by atoms with Crippen molar-refractivity contribution in [2.45, 2.75) is 18.9 Å². The van der Waals surface area contributed by atoms with E-state index in [1.165, 1.54) is 11.1 Å². The number of thiocarbonyl (C=S) groups is 1. The predicted molar refractivity (Wildman–Crippen MR) is 73.1 cm³/mol. The van der Waals surface area contributed by atoms with Gasteiger partial charge in [-0.2, -0.15) is 0 Å². The molecule has 0 spiro atoms. The molecular weight excluding hydrogens is 232 g/mol. The Morgan fingerprint density at radius 3 is 3.12 bits per heavy atom. The highest BCUT2D eigenvalue weighted by Gasteiger charge is 2.21. The maximum Gasteiger partial charge on any atom is 0.166 e. The molecule has 0 aromatic heterocycles. The average Bonchev–Trinajstić information content (AvgIpc) is 2.73. The summed E-state index contributed by atoms with van der Waals surface area (Å²) in [5, 5.41) is 7.21. The number of benzene rings is 1. The standard InChI is InChI=1S/C13H18N2OS/c1-16-9-8-14-13(17)15-12-7-6-10-4-2-3-5-11(10)12/h2-5,12H,6-9H2,1H3,(H2,14,15,17). The number of aryl methyl sites for hydroxylation is 1. The summed E-state index contributed by atoms with van der Waals surface area (Å²) in [4.78, 5) is 0. The van der Waals surface area contributed by atoms with Gasteiger partial charge in [-0.25, -0.2) is 0 Å². The fraction of sp³-hybridized carbons (Fsp3) is 0.462. The molecule has 3 nitrogen and oxygen atoms in total. The van der Waals surface area contributed by atoms with E-state index >= 15 is 0 Å². The molecule has 0 aliphatic heterocycles. The number of hydrogen-bond acceptors (Lipinski definition) is 2. The first-order valence-corrected chi connectivity index (χ1v) is 6.33. The Bertz CT molecular complexity index is 395. The van der Waals surface area contributed by atoms with Gasteiger partial charge in [-0.1, -0.05) is 24.3 Å². The molecule has 0 saturated heterocycles. The third-order valence-electron chi connectivity index (χ3n) is 3.03. The Kier molecular flexibility index (Phi) is 4.34. The molecule has 1 aliphatic carbocycles. The van der Waals surface area contributed by atoms with Crippen molar-refractivity contribution in [1.82, 2.24) is 10.6 Å². The lowest BCUT2D eigenvalue weighted by atomic mass is 10.1. The number of methoxy groups -OCH3 is 1. The smallest absolute Gasteiger partial charge is 0.166 e. The van der Waals surface area contributed by atoms with Crippen LogP contribution in [0.25, 0.3) is 0 Å². The maximum absolute atomic E-state index is 5.26. The summed E-state index contributed by atoms with van der Waals surface area (Å²) in [5.41, 5.74) is 2.81. The van der Waals surface area contributed by atoms with Crippen LogP contribution in [-0.4, -0.2) is 25.4 Å². The van der Waals surface area contributed by atoms with E-state index in [4.69, 9.17) is 17.0 Å². The molecule has 0 saturated carbocycles. The van der Waals surface area contributed by atoms with E-state index in [2.05, 4.69) is 34.9 Å². The topological polar surface area (TPSA) is 33.3 Å². The second-order valence-electron chi connectivity index (χ2n) is 4.18. The van der Waals surface area contributed by atoms with E-state index in [0.29, 0.717) is 17.8 Å². The third kappa shape index (κ3) is 3.17. The molecule has 0 fully saturated rings. The van der Waals surface area contributed by atoms with Crippen LogP contribution in [0.1, 0.15) is 23.6 Å². The molecule has 1 aromatic rings. The zero-order valence-electron chi connectivity index (χ0n) is 10.0. The molecule has 92 valence electrons. The van der Waals surface area contributed by atoms with Crippen molar-refractivity contribution < 1.29 is 4.74 Å². The summed E-state index contributed by atoms with van der Waals surface area (Å²) in [5.74, 6) is 0. The Morgan fingerprint density at radius 1 is 1.47 bits per heavy atom.